The molecular weight excluding hydrogens is 326 g/mol. The van der Waals surface area contributed by atoms with Gasteiger partial charge in [0.15, 0.2) is 0 Å². The van der Waals surface area contributed by atoms with Gasteiger partial charge in [-0.2, -0.15) is 0 Å². The Bertz CT molecular complexity index is 411. The smallest absolute Gasteiger partial charge is 0.237 e. The van der Waals surface area contributed by atoms with Crippen LogP contribution in [0, 0.1) is 11.8 Å². The van der Waals surface area contributed by atoms with Crippen molar-refractivity contribution >= 4 is 5.91 Å². The van der Waals surface area contributed by atoms with Crippen LogP contribution in [0.2, 0.25) is 0 Å². The highest BCUT2D eigenvalue weighted by Crippen LogP contribution is 2.19. The van der Waals surface area contributed by atoms with E-state index >= 15 is 0 Å². The lowest BCUT2D eigenvalue weighted by Gasteiger charge is -2.41. The normalized spacial score (nSPS) is 27.6. The van der Waals surface area contributed by atoms with Gasteiger partial charge in [0.25, 0.3) is 0 Å². The number of piperidine rings is 1. The summed E-state index contributed by atoms with van der Waals surface area (Å²) >= 11 is 0. The molecule has 0 aromatic heterocycles. The molecule has 0 aromatic carbocycles. The Morgan fingerprint density at radius 3 is 2.27 bits per heavy atom. The number of hydrogen-bond acceptors (Lipinski definition) is 4. The molecule has 5 heteroatoms. The van der Waals surface area contributed by atoms with Gasteiger partial charge in [-0.25, -0.2) is 0 Å². The van der Waals surface area contributed by atoms with Crippen molar-refractivity contribution in [2.75, 3.05) is 39.3 Å². The van der Waals surface area contributed by atoms with E-state index in [1.807, 2.05) is 0 Å². The molecule has 2 rings (SSSR count). The summed E-state index contributed by atoms with van der Waals surface area (Å²) in [4.78, 5) is 17.7. The maximum Gasteiger partial charge on any atom is 0.237 e. The summed E-state index contributed by atoms with van der Waals surface area (Å²) in [6.45, 7) is 17.0. The molecule has 2 aliphatic heterocycles. The SMILES string of the molecule is CC1CCN(CCCCNC(=O)C(C(C)C)N2CC(C)OC(C)C2)CC1. The second kappa shape index (κ2) is 10.6. The molecule has 0 aliphatic carbocycles. The van der Waals surface area contributed by atoms with Crippen molar-refractivity contribution in [2.24, 2.45) is 11.8 Å². The van der Waals surface area contributed by atoms with Crippen molar-refractivity contribution in [1.29, 1.82) is 0 Å². The molecule has 0 saturated carbocycles. The van der Waals surface area contributed by atoms with Crippen molar-refractivity contribution < 1.29 is 9.53 Å². The van der Waals surface area contributed by atoms with Gasteiger partial charge in [0, 0.05) is 19.6 Å². The maximum absolute atomic E-state index is 12.8. The second-order valence-electron chi connectivity index (χ2n) is 8.92. The lowest BCUT2D eigenvalue weighted by atomic mass is 9.99. The third-order valence-electron chi connectivity index (χ3n) is 5.82. The summed E-state index contributed by atoms with van der Waals surface area (Å²) in [6.07, 6.45) is 5.30. The van der Waals surface area contributed by atoms with Gasteiger partial charge in [-0.05, 0) is 71.0 Å². The number of rotatable bonds is 8. The van der Waals surface area contributed by atoms with Crippen LogP contribution in [0.25, 0.3) is 0 Å². The van der Waals surface area contributed by atoms with Crippen molar-refractivity contribution in [3.05, 3.63) is 0 Å². The van der Waals surface area contributed by atoms with Crippen molar-refractivity contribution in [1.82, 2.24) is 15.1 Å². The van der Waals surface area contributed by atoms with E-state index in [9.17, 15) is 4.79 Å². The van der Waals surface area contributed by atoms with Crippen LogP contribution in [0.1, 0.15) is 60.3 Å². The standard InChI is InChI=1S/C21H41N3O2/c1-16(2)20(24-14-18(4)26-19(5)15-24)21(25)22-10-6-7-11-23-12-8-17(3)9-13-23/h16-20H,6-15H2,1-5H3,(H,22,25). The molecule has 2 aliphatic rings. The average molecular weight is 368 g/mol. The van der Waals surface area contributed by atoms with E-state index in [0.29, 0.717) is 5.92 Å². The molecule has 2 heterocycles. The Labute approximate surface area is 160 Å². The van der Waals surface area contributed by atoms with Crippen molar-refractivity contribution in [2.45, 2.75) is 78.6 Å². The molecule has 2 fully saturated rings. The van der Waals surface area contributed by atoms with E-state index in [2.05, 4.69) is 49.7 Å². The van der Waals surface area contributed by atoms with E-state index in [1.54, 1.807) is 0 Å². The summed E-state index contributed by atoms with van der Waals surface area (Å²) in [5.41, 5.74) is 0. The predicted octanol–water partition coefficient (Wildman–Crippen LogP) is 2.75. The van der Waals surface area contributed by atoms with Crippen molar-refractivity contribution in [3.8, 4) is 0 Å². The summed E-state index contributed by atoms with van der Waals surface area (Å²) in [7, 11) is 0. The van der Waals surface area contributed by atoms with Crippen LogP contribution in [0.4, 0.5) is 0 Å². The van der Waals surface area contributed by atoms with E-state index in [-0.39, 0.29) is 24.2 Å². The van der Waals surface area contributed by atoms with Gasteiger partial charge < -0.3 is 15.0 Å². The number of carbonyl (C=O) groups excluding carboxylic acids is 1. The molecule has 5 nitrogen and oxygen atoms in total. The zero-order valence-corrected chi connectivity index (χ0v) is 17.7. The topological polar surface area (TPSA) is 44.8 Å². The quantitative estimate of drug-likeness (QED) is 0.670. The second-order valence-corrected chi connectivity index (χ2v) is 8.92. The zero-order chi connectivity index (χ0) is 19.1. The Hall–Kier alpha value is -0.650. The van der Waals surface area contributed by atoms with E-state index in [4.69, 9.17) is 4.74 Å². The molecule has 0 aromatic rings. The average Bonchev–Trinajstić information content (AvgIpc) is 2.55. The van der Waals surface area contributed by atoms with E-state index < -0.39 is 0 Å². The highest BCUT2D eigenvalue weighted by atomic mass is 16.5. The van der Waals surface area contributed by atoms with Gasteiger partial charge >= 0.3 is 0 Å². The molecule has 0 radical (unpaired) electrons. The first-order valence-corrected chi connectivity index (χ1v) is 10.8. The molecule has 26 heavy (non-hydrogen) atoms. The predicted molar refractivity (Wildman–Crippen MR) is 107 cm³/mol. The summed E-state index contributed by atoms with van der Waals surface area (Å²) in [6, 6.07) is -0.0487. The molecular formula is C21H41N3O2. The molecule has 0 bridgehead atoms. The first kappa shape index (κ1) is 21.6. The number of likely N-dealkylation sites (tertiary alicyclic amines) is 1. The fraction of sp³-hybridized carbons (Fsp3) is 0.952. The van der Waals surface area contributed by atoms with Gasteiger partial charge in [0.05, 0.1) is 18.2 Å². The Balaban J connectivity index is 1.69. The number of morpholine rings is 1. The molecule has 3 atom stereocenters. The van der Waals surface area contributed by atoms with Gasteiger partial charge in [0.2, 0.25) is 5.91 Å². The first-order chi connectivity index (χ1) is 12.4. The molecule has 0 spiro atoms. The fourth-order valence-corrected chi connectivity index (χ4v) is 4.40. The third-order valence-corrected chi connectivity index (χ3v) is 5.82. The number of nitrogens with zero attached hydrogens (tertiary/aromatic N) is 2. The number of nitrogens with one attached hydrogen (secondary N) is 1. The Morgan fingerprint density at radius 2 is 1.69 bits per heavy atom. The third kappa shape index (κ3) is 6.82. The first-order valence-electron chi connectivity index (χ1n) is 10.8. The highest BCUT2D eigenvalue weighted by molar-refractivity contribution is 5.82. The van der Waals surface area contributed by atoms with Crippen molar-refractivity contribution in [3.63, 3.8) is 0 Å². The Morgan fingerprint density at radius 1 is 1.08 bits per heavy atom. The minimum atomic E-state index is -0.0487. The van der Waals surface area contributed by atoms with Gasteiger partial charge in [0.1, 0.15) is 0 Å². The van der Waals surface area contributed by atoms with Gasteiger partial charge in [-0.3, -0.25) is 9.69 Å². The minimum absolute atomic E-state index is 0.0487. The number of carbonyl (C=O) groups is 1. The van der Waals surface area contributed by atoms with Crippen LogP contribution in [-0.4, -0.2) is 73.2 Å². The van der Waals surface area contributed by atoms with Gasteiger partial charge in [-0.15, -0.1) is 0 Å². The monoisotopic (exact) mass is 367 g/mol. The van der Waals surface area contributed by atoms with E-state index in [1.165, 1.54) is 38.9 Å². The lowest BCUT2D eigenvalue weighted by Crippen LogP contribution is -2.57. The summed E-state index contributed by atoms with van der Waals surface area (Å²) < 4.78 is 5.83. The van der Waals surface area contributed by atoms with Gasteiger partial charge in [-0.1, -0.05) is 20.8 Å². The maximum atomic E-state index is 12.8. The fourth-order valence-electron chi connectivity index (χ4n) is 4.40. The van der Waals surface area contributed by atoms with Crippen LogP contribution >= 0.6 is 0 Å². The molecule has 3 unspecified atom stereocenters. The number of unbranched alkanes of at least 4 members (excludes halogenated alkanes) is 1. The van der Waals surface area contributed by atoms with Crippen LogP contribution in [0.3, 0.4) is 0 Å². The molecule has 1 N–H and O–H groups in total. The molecule has 2 saturated heterocycles. The zero-order valence-electron chi connectivity index (χ0n) is 17.7. The van der Waals surface area contributed by atoms with Crippen LogP contribution in [0.15, 0.2) is 0 Å². The highest BCUT2D eigenvalue weighted by Gasteiger charge is 2.33. The minimum Gasteiger partial charge on any atom is -0.373 e. The number of amides is 1. The van der Waals surface area contributed by atoms with Crippen LogP contribution in [-0.2, 0) is 9.53 Å². The van der Waals surface area contributed by atoms with E-state index in [0.717, 1.165) is 32.0 Å². The number of hydrogen-bond donors (Lipinski definition) is 1. The summed E-state index contributed by atoms with van der Waals surface area (Å²) in [5.74, 6) is 1.39. The van der Waals surface area contributed by atoms with Crippen LogP contribution < -0.4 is 5.32 Å². The largest absolute Gasteiger partial charge is 0.373 e. The summed E-state index contributed by atoms with van der Waals surface area (Å²) in [5, 5.41) is 3.20. The molecule has 1 amide bonds. The Kier molecular flexibility index (Phi) is 8.85. The number of ether oxygens (including phenoxy) is 1. The van der Waals surface area contributed by atoms with Crippen LogP contribution in [0.5, 0.6) is 0 Å². The lowest BCUT2D eigenvalue weighted by molar-refractivity contribution is -0.135. The molecule has 152 valence electrons.